The van der Waals surface area contributed by atoms with Crippen LogP contribution < -0.4 is 15.5 Å². The highest BCUT2D eigenvalue weighted by molar-refractivity contribution is 6.03. The van der Waals surface area contributed by atoms with Crippen molar-refractivity contribution in [2.45, 2.75) is 13.3 Å². The van der Waals surface area contributed by atoms with Crippen molar-refractivity contribution in [3.63, 3.8) is 0 Å². The van der Waals surface area contributed by atoms with Gasteiger partial charge in [0.2, 0.25) is 0 Å². The summed E-state index contributed by atoms with van der Waals surface area (Å²) in [6.07, 6.45) is 2.54. The standard InChI is InChI=1S/C21H21N3O2/c1-2-14-26-20-13-12-16-8-6-7-11-18(16)19(20)15-22-24-21(25)23-17-9-4-3-5-10-17/h3-13,15H,2,14H2,1H3,(H2,23,24,25)/b22-15+. The largest absolute Gasteiger partial charge is 0.493 e. The number of ether oxygens (including phenoxy) is 1. The number of nitrogens with one attached hydrogen (secondary N) is 2. The van der Waals surface area contributed by atoms with Crippen molar-refractivity contribution in [1.29, 1.82) is 0 Å². The first kappa shape index (κ1) is 17.5. The monoisotopic (exact) mass is 347 g/mol. The summed E-state index contributed by atoms with van der Waals surface area (Å²) in [6.45, 7) is 2.69. The van der Waals surface area contributed by atoms with Crippen LogP contribution in [-0.4, -0.2) is 18.9 Å². The molecule has 0 aliphatic heterocycles. The molecule has 0 aromatic heterocycles. The van der Waals surface area contributed by atoms with Gasteiger partial charge in [-0.05, 0) is 35.4 Å². The number of amides is 2. The molecular weight excluding hydrogens is 326 g/mol. The minimum Gasteiger partial charge on any atom is -0.493 e. The Kier molecular flexibility index (Phi) is 5.83. The van der Waals surface area contributed by atoms with E-state index in [1.54, 1.807) is 6.21 Å². The van der Waals surface area contributed by atoms with Gasteiger partial charge in [0.1, 0.15) is 5.75 Å². The molecule has 0 atom stereocenters. The summed E-state index contributed by atoms with van der Waals surface area (Å²) in [6, 6.07) is 20.8. The number of urea groups is 1. The average molecular weight is 347 g/mol. The SMILES string of the molecule is CCCOc1ccc2ccccc2c1/C=N/NC(=O)Nc1ccccc1. The van der Waals surface area contributed by atoms with Gasteiger partial charge in [0, 0.05) is 11.3 Å². The number of anilines is 1. The fourth-order valence-electron chi connectivity index (χ4n) is 2.58. The highest BCUT2D eigenvalue weighted by Crippen LogP contribution is 2.26. The van der Waals surface area contributed by atoms with Gasteiger partial charge in [-0.25, -0.2) is 10.2 Å². The molecular formula is C21H21N3O2. The van der Waals surface area contributed by atoms with E-state index >= 15 is 0 Å². The van der Waals surface area contributed by atoms with Crippen molar-refractivity contribution in [1.82, 2.24) is 5.43 Å². The number of fused-ring (bicyclic) bond motifs is 1. The minimum absolute atomic E-state index is 0.399. The second-order valence-electron chi connectivity index (χ2n) is 5.74. The second kappa shape index (κ2) is 8.67. The van der Waals surface area contributed by atoms with Crippen LogP contribution in [0.25, 0.3) is 10.8 Å². The molecule has 0 saturated heterocycles. The molecule has 2 N–H and O–H groups in total. The molecule has 2 amide bonds. The lowest BCUT2D eigenvalue weighted by Crippen LogP contribution is -2.24. The van der Waals surface area contributed by atoms with E-state index in [9.17, 15) is 4.79 Å². The Morgan fingerprint density at radius 3 is 2.62 bits per heavy atom. The molecule has 3 aromatic carbocycles. The van der Waals surface area contributed by atoms with Crippen molar-refractivity contribution in [3.05, 3.63) is 72.3 Å². The smallest absolute Gasteiger partial charge is 0.339 e. The highest BCUT2D eigenvalue weighted by atomic mass is 16.5. The molecule has 0 aliphatic rings. The number of hydrazone groups is 1. The van der Waals surface area contributed by atoms with Crippen LogP contribution in [0.3, 0.4) is 0 Å². The van der Waals surface area contributed by atoms with Crippen LogP contribution in [-0.2, 0) is 0 Å². The Bertz CT molecular complexity index is 908. The zero-order chi connectivity index (χ0) is 18.2. The summed E-state index contributed by atoms with van der Waals surface area (Å²) < 4.78 is 5.83. The van der Waals surface area contributed by atoms with Crippen molar-refractivity contribution in [3.8, 4) is 5.75 Å². The molecule has 132 valence electrons. The first-order chi connectivity index (χ1) is 12.8. The van der Waals surface area contributed by atoms with Gasteiger partial charge in [-0.3, -0.25) is 0 Å². The number of carbonyl (C=O) groups is 1. The first-order valence-electron chi connectivity index (χ1n) is 8.57. The number of carbonyl (C=O) groups excluding carboxylic acids is 1. The van der Waals surface area contributed by atoms with Gasteiger partial charge in [-0.1, -0.05) is 55.5 Å². The number of rotatable bonds is 6. The van der Waals surface area contributed by atoms with Crippen molar-refractivity contribution in [2.24, 2.45) is 5.10 Å². The Labute approximate surface area is 152 Å². The number of para-hydroxylation sites is 1. The lowest BCUT2D eigenvalue weighted by atomic mass is 10.0. The van der Waals surface area contributed by atoms with Gasteiger partial charge in [-0.2, -0.15) is 5.10 Å². The summed E-state index contributed by atoms with van der Waals surface area (Å²) in [5.74, 6) is 0.750. The van der Waals surface area contributed by atoms with Crippen molar-refractivity contribution in [2.75, 3.05) is 11.9 Å². The Morgan fingerprint density at radius 1 is 1.04 bits per heavy atom. The molecule has 0 aliphatic carbocycles. The summed E-state index contributed by atoms with van der Waals surface area (Å²) in [7, 11) is 0. The third kappa shape index (κ3) is 4.39. The van der Waals surface area contributed by atoms with Gasteiger partial charge < -0.3 is 10.1 Å². The molecule has 26 heavy (non-hydrogen) atoms. The van der Waals surface area contributed by atoms with Gasteiger partial charge in [0.25, 0.3) is 0 Å². The van der Waals surface area contributed by atoms with E-state index < -0.39 is 6.03 Å². The second-order valence-corrected chi connectivity index (χ2v) is 5.74. The zero-order valence-electron chi connectivity index (χ0n) is 14.6. The highest BCUT2D eigenvalue weighted by Gasteiger charge is 2.07. The number of benzene rings is 3. The number of hydrogen-bond acceptors (Lipinski definition) is 3. The topological polar surface area (TPSA) is 62.7 Å². The first-order valence-corrected chi connectivity index (χ1v) is 8.57. The molecule has 0 saturated carbocycles. The lowest BCUT2D eigenvalue weighted by Gasteiger charge is -2.11. The van der Waals surface area contributed by atoms with E-state index in [4.69, 9.17) is 4.74 Å². The van der Waals surface area contributed by atoms with Crippen LogP contribution in [0.2, 0.25) is 0 Å². The summed E-state index contributed by atoms with van der Waals surface area (Å²) in [4.78, 5) is 12.0. The fraction of sp³-hybridized carbons (Fsp3) is 0.143. The van der Waals surface area contributed by atoms with Crippen molar-refractivity contribution >= 4 is 28.7 Å². The van der Waals surface area contributed by atoms with E-state index in [-0.39, 0.29) is 0 Å². The maximum atomic E-state index is 12.0. The van der Waals surface area contributed by atoms with Crippen LogP contribution in [0.4, 0.5) is 10.5 Å². The fourth-order valence-corrected chi connectivity index (χ4v) is 2.58. The van der Waals surface area contributed by atoms with Crippen LogP contribution in [0.5, 0.6) is 5.75 Å². The van der Waals surface area contributed by atoms with Crippen LogP contribution in [0.1, 0.15) is 18.9 Å². The lowest BCUT2D eigenvalue weighted by molar-refractivity contribution is 0.252. The predicted molar refractivity (Wildman–Crippen MR) is 106 cm³/mol. The van der Waals surface area contributed by atoms with E-state index in [2.05, 4.69) is 22.8 Å². The summed E-state index contributed by atoms with van der Waals surface area (Å²) >= 11 is 0. The maximum Gasteiger partial charge on any atom is 0.339 e. The molecule has 0 spiro atoms. The van der Waals surface area contributed by atoms with Gasteiger partial charge in [0.05, 0.1) is 12.8 Å². The van der Waals surface area contributed by atoms with E-state index in [1.165, 1.54) is 0 Å². The van der Waals surface area contributed by atoms with Gasteiger partial charge in [-0.15, -0.1) is 0 Å². The Hall–Kier alpha value is -3.34. The third-order valence-corrected chi connectivity index (χ3v) is 3.78. The van der Waals surface area contributed by atoms with E-state index in [1.807, 2.05) is 66.7 Å². The molecule has 0 unspecified atom stereocenters. The number of hydrogen-bond donors (Lipinski definition) is 2. The molecule has 0 radical (unpaired) electrons. The van der Waals surface area contributed by atoms with Crippen LogP contribution >= 0.6 is 0 Å². The Morgan fingerprint density at radius 2 is 1.81 bits per heavy atom. The predicted octanol–water partition coefficient (Wildman–Crippen LogP) is 4.78. The molecule has 5 nitrogen and oxygen atoms in total. The third-order valence-electron chi connectivity index (χ3n) is 3.78. The Balaban J connectivity index is 1.77. The van der Waals surface area contributed by atoms with E-state index in [0.29, 0.717) is 12.3 Å². The zero-order valence-corrected chi connectivity index (χ0v) is 14.6. The van der Waals surface area contributed by atoms with E-state index in [0.717, 1.165) is 28.5 Å². The van der Waals surface area contributed by atoms with Crippen LogP contribution in [0.15, 0.2) is 71.8 Å². The summed E-state index contributed by atoms with van der Waals surface area (Å²) in [5.41, 5.74) is 4.04. The quantitative estimate of drug-likeness (QED) is 0.498. The average Bonchev–Trinajstić information content (AvgIpc) is 2.68. The molecule has 3 rings (SSSR count). The molecule has 0 heterocycles. The van der Waals surface area contributed by atoms with Crippen LogP contribution in [0, 0.1) is 0 Å². The van der Waals surface area contributed by atoms with Crippen molar-refractivity contribution < 1.29 is 9.53 Å². The summed E-state index contributed by atoms with van der Waals surface area (Å²) in [5, 5.41) is 8.92. The van der Waals surface area contributed by atoms with Gasteiger partial charge in [0.15, 0.2) is 0 Å². The normalized spacial score (nSPS) is 10.8. The molecule has 3 aromatic rings. The maximum absolute atomic E-state index is 12.0. The number of nitrogens with zero attached hydrogens (tertiary/aromatic N) is 1. The van der Waals surface area contributed by atoms with Gasteiger partial charge >= 0.3 is 6.03 Å². The molecule has 5 heteroatoms. The minimum atomic E-state index is -0.399. The molecule has 0 bridgehead atoms. The molecule has 0 fully saturated rings.